The maximum absolute atomic E-state index is 15.9. The number of hydrogen-bond acceptors (Lipinski definition) is 9. The molecule has 36 heavy (non-hydrogen) atoms. The lowest BCUT2D eigenvalue weighted by atomic mass is 10.1. The summed E-state index contributed by atoms with van der Waals surface area (Å²) < 4.78 is 33.8. The van der Waals surface area contributed by atoms with Gasteiger partial charge in [-0.25, -0.2) is 19.0 Å². The second-order valence-corrected chi connectivity index (χ2v) is 8.35. The zero-order chi connectivity index (χ0) is 25.4. The van der Waals surface area contributed by atoms with Gasteiger partial charge in [-0.1, -0.05) is 48.0 Å². The fourth-order valence-electron chi connectivity index (χ4n) is 3.86. The average molecular weight is 512 g/mol. The molecule has 12 heteroatoms. The number of aromatic nitrogens is 4. The summed E-state index contributed by atoms with van der Waals surface area (Å²) in [6, 6.07) is 14.7. The van der Waals surface area contributed by atoms with Crippen molar-refractivity contribution in [2.75, 3.05) is 5.73 Å². The Morgan fingerprint density at radius 1 is 1.06 bits per heavy atom. The van der Waals surface area contributed by atoms with Crippen molar-refractivity contribution in [1.82, 2.24) is 19.5 Å². The van der Waals surface area contributed by atoms with Crippen molar-refractivity contribution < 1.29 is 28.2 Å². The molecule has 0 spiro atoms. The van der Waals surface area contributed by atoms with Crippen LogP contribution in [0.5, 0.6) is 0 Å². The molecule has 2 aromatic heterocycles. The summed E-state index contributed by atoms with van der Waals surface area (Å²) in [5.41, 5.74) is 7.05. The molecule has 5 rings (SSSR count). The van der Waals surface area contributed by atoms with Crippen LogP contribution in [0.25, 0.3) is 11.2 Å². The lowest BCUT2D eigenvalue weighted by Crippen LogP contribution is -2.36. The number of anilines is 1. The minimum absolute atomic E-state index is 0.0285. The summed E-state index contributed by atoms with van der Waals surface area (Å²) in [6.45, 7) is 1.73. The van der Waals surface area contributed by atoms with E-state index in [4.69, 9.17) is 31.5 Å². The summed E-state index contributed by atoms with van der Waals surface area (Å²) in [4.78, 5) is 37.6. The maximum Gasteiger partial charge on any atom is 0.340 e. The molecule has 4 atom stereocenters. The van der Waals surface area contributed by atoms with E-state index in [2.05, 4.69) is 15.0 Å². The number of esters is 2. The van der Waals surface area contributed by atoms with E-state index in [1.165, 1.54) is 23.0 Å². The first-order valence-corrected chi connectivity index (χ1v) is 11.2. The van der Waals surface area contributed by atoms with Gasteiger partial charge in [0.1, 0.15) is 5.52 Å². The molecule has 2 aromatic carbocycles. The first-order chi connectivity index (χ1) is 17.3. The van der Waals surface area contributed by atoms with Gasteiger partial charge in [-0.05, 0) is 30.7 Å². The van der Waals surface area contributed by atoms with Gasteiger partial charge in [0, 0.05) is 0 Å². The van der Waals surface area contributed by atoms with Crippen molar-refractivity contribution in [3.05, 3.63) is 82.8 Å². The van der Waals surface area contributed by atoms with Gasteiger partial charge in [-0.2, -0.15) is 9.97 Å². The second-order valence-electron chi connectivity index (χ2n) is 7.99. The van der Waals surface area contributed by atoms with E-state index in [0.29, 0.717) is 5.56 Å². The second kappa shape index (κ2) is 9.51. The third kappa shape index (κ3) is 4.34. The van der Waals surface area contributed by atoms with Crippen molar-refractivity contribution in [1.29, 1.82) is 0 Å². The lowest BCUT2D eigenvalue weighted by Gasteiger charge is -2.20. The Labute approximate surface area is 208 Å². The third-order valence-electron chi connectivity index (χ3n) is 5.64. The number of carbonyl (C=O) groups is 2. The van der Waals surface area contributed by atoms with Crippen LogP contribution in [0.2, 0.25) is 5.15 Å². The maximum atomic E-state index is 15.9. The Morgan fingerprint density at radius 3 is 2.53 bits per heavy atom. The molecule has 10 nitrogen and oxygen atoms in total. The summed E-state index contributed by atoms with van der Waals surface area (Å²) in [5.74, 6) is -1.73. The molecule has 0 saturated carbocycles. The Balaban J connectivity index is 1.48. The minimum atomic E-state index is -1.97. The predicted molar refractivity (Wildman–Crippen MR) is 126 cm³/mol. The lowest BCUT2D eigenvalue weighted by molar-refractivity contribution is -0.147. The SMILES string of the molecule is Cc1ccccc1C(=O)O[C@H]1O[C@@H](n2cnc3c(Cl)nc(N)nc32)[C@@H](F)[C@@H]1OC(=O)c1ccccc1. The van der Waals surface area contributed by atoms with Gasteiger partial charge in [-0.3, -0.25) is 4.57 Å². The van der Waals surface area contributed by atoms with Crippen LogP contribution in [0.1, 0.15) is 32.5 Å². The third-order valence-corrected chi connectivity index (χ3v) is 5.90. The highest BCUT2D eigenvalue weighted by atomic mass is 35.5. The van der Waals surface area contributed by atoms with Gasteiger partial charge in [0.2, 0.25) is 12.2 Å². The zero-order valence-electron chi connectivity index (χ0n) is 18.7. The molecule has 0 amide bonds. The number of alkyl halides is 1. The number of halogens is 2. The van der Waals surface area contributed by atoms with Crippen LogP contribution in [0.3, 0.4) is 0 Å². The molecular formula is C24H19ClFN5O5. The van der Waals surface area contributed by atoms with E-state index in [1.54, 1.807) is 49.4 Å². The number of ether oxygens (including phenoxy) is 3. The average Bonchev–Trinajstić information content (AvgIpc) is 3.41. The highest BCUT2D eigenvalue weighted by Gasteiger charge is 2.51. The first kappa shape index (κ1) is 23.6. The van der Waals surface area contributed by atoms with E-state index in [0.717, 1.165) is 0 Å². The summed E-state index contributed by atoms with van der Waals surface area (Å²) in [7, 11) is 0. The monoisotopic (exact) mass is 511 g/mol. The van der Waals surface area contributed by atoms with Crippen LogP contribution < -0.4 is 5.73 Å². The Hall–Kier alpha value is -4.09. The largest absolute Gasteiger partial charge is 0.449 e. The van der Waals surface area contributed by atoms with E-state index in [1.807, 2.05) is 0 Å². The van der Waals surface area contributed by atoms with Gasteiger partial charge in [0.25, 0.3) is 0 Å². The topological polar surface area (TPSA) is 131 Å². The number of nitrogens with zero attached hydrogens (tertiary/aromatic N) is 4. The quantitative estimate of drug-likeness (QED) is 0.315. The van der Waals surface area contributed by atoms with E-state index in [9.17, 15) is 9.59 Å². The van der Waals surface area contributed by atoms with Gasteiger partial charge in [0.05, 0.1) is 17.5 Å². The Bertz CT molecular complexity index is 1450. The number of fused-ring (bicyclic) bond motifs is 1. The molecule has 1 aliphatic heterocycles. The normalized spacial score (nSPS) is 21.4. The number of aryl methyl sites for hydroxylation is 1. The molecule has 0 bridgehead atoms. The fourth-order valence-corrected chi connectivity index (χ4v) is 4.08. The molecule has 2 N–H and O–H groups in total. The number of rotatable bonds is 5. The van der Waals surface area contributed by atoms with Crippen molar-refractivity contribution in [3.8, 4) is 0 Å². The molecule has 184 valence electrons. The number of hydrogen-bond donors (Lipinski definition) is 1. The molecule has 1 saturated heterocycles. The van der Waals surface area contributed by atoms with E-state index in [-0.39, 0.29) is 33.4 Å². The molecular weight excluding hydrogens is 493 g/mol. The molecule has 0 unspecified atom stereocenters. The Morgan fingerprint density at radius 2 is 1.78 bits per heavy atom. The van der Waals surface area contributed by atoms with Gasteiger partial charge in [-0.15, -0.1) is 0 Å². The Kier molecular flexibility index (Phi) is 6.25. The zero-order valence-corrected chi connectivity index (χ0v) is 19.5. The van der Waals surface area contributed by atoms with E-state index < -0.39 is 36.7 Å². The minimum Gasteiger partial charge on any atom is -0.449 e. The molecule has 1 aliphatic rings. The standard InChI is InChI=1S/C24H19ClFN5O5/c1-12-7-5-6-10-14(12)22(33)36-23-17(34-21(32)13-8-3-2-4-9-13)15(26)20(35-23)31-11-28-16-18(25)29-24(27)30-19(16)31/h2-11,15,17,20,23H,1H3,(H2,27,29,30)/t15-,17-,20+,23+/m0/s1. The first-order valence-electron chi connectivity index (χ1n) is 10.8. The summed E-state index contributed by atoms with van der Waals surface area (Å²) in [6.07, 6.45) is -5.33. The molecule has 4 aromatic rings. The highest BCUT2D eigenvalue weighted by Crippen LogP contribution is 2.37. The van der Waals surface area contributed by atoms with Crippen molar-refractivity contribution in [2.45, 2.75) is 31.7 Å². The fraction of sp³-hybridized carbons (Fsp3) is 0.208. The number of carbonyl (C=O) groups excluding carboxylic acids is 2. The number of imidazole rings is 1. The van der Waals surface area contributed by atoms with Crippen LogP contribution in [0.4, 0.5) is 10.3 Å². The number of nitrogen functional groups attached to an aromatic ring is 1. The van der Waals surface area contributed by atoms with Crippen LogP contribution in [-0.4, -0.2) is 50.0 Å². The summed E-state index contributed by atoms with van der Waals surface area (Å²) in [5, 5.41) is -0.0285. The highest BCUT2D eigenvalue weighted by molar-refractivity contribution is 6.33. The molecule has 1 fully saturated rings. The van der Waals surface area contributed by atoms with Crippen molar-refractivity contribution >= 4 is 40.7 Å². The van der Waals surface area contributed by atoms with Crippen LogP contribution in [0, 0.1) is 6.92 Å². The van der Waals surface area contributed by atoms with E-state index >= 15 is 4.39 Å². The van der Waals surface area contributed by atoms with Gasteiger partial charge in [0.15, 0.2) is 29.3 Å². The van der Waals surface area contributed by atoms with Crippen LogP contribution >= 0.6 is 11.6 Å². The number of benzene rings is 2. The van der Waals surface area contributed by atoms with Crippen molar-refractivity contribution in [3.63, 3.8) is 0 Å². The predicted octanol–water partition coefficient (Wildman–Crippen LogP) is 3.65. The molecule has 0 radical (unpaired) electrons. The van der Waals surface area contributed by atoms with Crippen LogP contribution in [-0.2, 0) is 14.2 Å². The summed E-state index contributed by atoms with van der Waals surface area (Å²) >= 11 is 6.08. The van der Waals surface area contributed by atoms with Gasteiger partial charge < -0.3 is 19.9 Å². The molecule has 0 aliphatic carbocycles. The smallest absolute Gasteiger partial charge is 0.340 e. The molecule has 3 heterocycles. The van der Waals surface area contributed by atoms with Crippen LogP contribution in [0.15, 0.2) is 60.9 Å². The van der Waals surface area contributed by atoms with Gasteiger partial charge >= 0.3 is 11.9 Å². The van der Waals surface area contributed by atoms with Crippen molar-refractivity contribution in [2.24, 2.45) is 0 Å². The number of nitrogens with two attached hydrogens (primary N) is 1.